The Balaban J connectivity index is 1.49. The zero-order valence-electron chi connectivity index (χ0n) is 16.2. The predicted molar refractivity (Wildman–Crippen MR) is 101 cm³/mol. The maximum Gasteiger partial charge on any atom is 0.272 e. The van der Waals surface area contributed by atoms with E-state index >= 15 is 0 Å². The molecule has 1 aliphatic heterocycles. The van der Waals surface area contributed by atoms with E-state index in [2.05, 4.69) is 10.3 Å². The minimum atomic E-state index is -0.322. The fourth-order valence-corrected chi connectivity index (χ4v) is 3.18. The van der Waals surface area contributed by atoms with Crippen LogP contribution in [0.1, 0.15) is 21.8 Å². The topological polar surface area (TPSA) is 82.6 Å². The van der Waals surface area contributed by atoms with Gasteiger partial charge in [0.1, 0.15) is 29.6 Å². The average Bonchev–Trinajstić information content (AvgIpc) is 3.29. The molecule has 1 aromatic carbocycles. The first kappa shape index (κ1) is 19.1. The van der Waals surface area contributed by atoms with Gasteiger partial charge in [0, 0.05) is 31.8 Å². The van der Waals surface area contributed by atoms with Gasteiger partial charge >= 0.3 is 0 Å². The quantitative estimate of drug-likeness (QED) is 0.655. The third kappa shape index (κ3) is 4.00. The summed E-state index contributed by atoms with van der Waals surface area (Å²) in [7, 11) is 1.70. The van der Waals surface area contributed by atoms with E-state index in [9.17, 15) is 9.18 Å². The molecule has 1 aliphatic rings. The number of carbonyl (C=O) groups is 1. The van der Waals surface area contributed by atoms with Gasteiger partial charge in [0.05, 0.1) is 18.8 Å². The van der Waals surface area contributed by atoms with Crippen LogP contribution in [0.4, 0.5) is 4.39 Å². The number of amides is 1. The summed E-state index contributed by atoms with van der Waals surface area (Å²) in [4.78, 5) is 14.4. The van der Waals surface area contributed by atoms with Crippen molar-refractivity contribution in [2.24, 2.45) is 7.05 Å². The number of benzene rings is 1. The zero-order chi connectivity index (χ0) is 20.4. The van der Waals surface area contributed by atoms with Crippen molar-refractivity contribution >= 4 is 5.91 Å². The van der Waals surface area contributed by atoms with E-state index in [4.69, 9.17) is 14.0 Å². The molecular formula is C20H21FN4O4. The highest BCUT2D eigenvalue weighted by Crippen LogP contribution is 2.27. The van der Waals surface area contributed by atoms with E-state index < -0.39 is 0 Å². The number of aryl methyl sites for hydroxylation is 2. The monoisotopic (exact) mass is 400 g/mol. The molecule has 9 heteroatoms. The number of ether oxygens (including phenoxy) is 2. The average molecular weight is 400 g/mol. The van der Waals surface area contributed by atoms with Crippen LogP contribution in [0, 0.1) is 12.7 Å². The SMILES string of the molecule is Cc1onc(-c2ccc(F)cc2)c1COc1cc(C(=O)N2CCOCC2)n(C)n1. The van der Waals surface area contributed by atoms with Crippen molar-refractivity contribution < 1.29 is 23.2 Å². The van der Waals surface area contributed by atoms with E-state index in [1.807, 2.05) is 0 Å². The highest BCUT2D eigenvalue weighted by Gasteiger charge is 2.23. The standard InChI is InChI=1S/C20H21FN4O4/c1-13-16(19(23-29-13)14-3-5-15(21)6-4-14)12-28-18-11-17(24(2)22-18)20(26)25-7-9-27-10-8-25/h3-6,11H,7-10,12H2,1-2H3. The van der Waals surface area contributed by atoms with E-state index in [-0.39, 0.29) is 18.3 Å². The molecule has 0 spiro atoms. The molecule has 3 heterocycles. The molecule has 0 radical (unpaired) electrons. The molecule has 2 aromatic heterocycles. The summed E-state index contributed by atoms with van der Waals surface area (Å²) >= 11 is 0. The molecule has 0 saturated carbocycles. The van der Waals surface area contributed by atoms with Gasteiger partial charge in [0.2, 0.25) is 5.88 Å². The summed E-state index contributed by atoms with van der Waals surface area (Å²) in [6.07, 6.45) is 0. The summed E-state index contributed by atoms with van der Waals surface area (Å²) in [5, 5.41) is 8.35. The minimum absolute atomic E-state index is 0.105. The van der Waals surface area contributed by atoms with Crippen molar-refractivity contribution in [3.8, 4) is 17.1 Å². The Kier molecular flexibility index (Phi) is 5.30. The first-order chi connectivity index (χ1) is 14.0. The van der Waals surface area contributed by atoms with E-state index in [0.29, 0.717) is 49.3 Å². The Morgan fingerprint density at radius 3 is 2.69 bits per heavy atom. The number of carbonyl (C=O) groups excluding carboxylic acids is 1. The molecule has 1 amide bonds. The summed E-state index contributed by atoms with van der Waals surface area (Å²) in [6.45, 7) is 4.12. The summed E-state index contributed by atoms with van der Waals surface area (Å²) in [5.41, 5.74) is 2.50. The van der Waals surface area contributed by atoms with Crippen LogP contribution < -0.4 is 4.74 Å². The lowest BCUT2D eigenvalue weighted by atomic mass is 10.1. The van der Waals surface area contributed by atoms with Gasteiger partial charge in [-0.2, -0.15) is 0 Å². The van der Waals surface area contributed by atoms with Crippen molar-refractivity contribution in [1.29, 1.82) is 0 Å². The van der Waals surface area contributed by atoms with Crippen LogP contribution in [-0.4, -0.2) is 52.0 Å². The largest absolute Gasteiger partial charge is 0.471 e. The Morgan fingerprint density at radius 2 is 1.97 bits per heavy atom. The van der Waals surface area contributed by atoms with Gasteiger partial charge in [-0.05, 0) is 31.2 Å². The second-order valence-electron chi connectivity index (χ2n) is 6.76. The van der Waals surface area contributed by atoms with Gasteiger partial charge in [-0.3, -0.25) is 9.48 Å². The number of nitrogens with zero attached hydrogens (tertiary/aromatic N) is 4. The van der Waals surface area contributed by atoms with Gasteiger partial charge in [-0.1, -0.05) is 5.16 Å². The van der Waals surface area contributed by atoms with E-state index in [0.717, 1.165) is 11.1 Å². The minimum Gasteiger partial charge on any atom is -0.471 e. The first-order valence-electron chi connectivity index (χ1n) is 9.28. The molecule has 29 heavy (non-hydrogen) atoms. The van der Waals surface area contributed by atoms with Gasteiger partial charge in [-0.25, -0.2) is 4.39 Å². The van der Waals surface area contributed by atoms with Gasteiger partial charge in [0.25, 0.3) is 5.91 Å². The summed E-state index contributed by atoms with van der Waals surface area (Å²) in [6, 6.07) is 7.63. The maximum atomic E-state index is 13.2. The molecule has 8 nitrogen and oxygen atoms in total. The molecule has 4 rings (SSSR count). The van der Waals surface area contributed by atoms with Crippen molar-refractivity contribution in [1.82, 2.24) is 19.8 Å². The Bertz CT molecular complexity index is 1010. The van der Waals surface area contributed by atoms with Crippen molar-refractivity contribution in [3.63, 3.8) is 0 Å². The molecule has 0 bridgehead atoms. The van der Waals surface area contributed by atoms with Gasteiger partial charge in [-0.15, -0.1) is 5.10 Å². The van der Waals surface area contributed by atoms with Crippen molar-refractivity contribution in [3.05, 3.63) is 53.2 Å². The van der Waals surface area contributed by atoms with E-state index in [1.54, 1.807) is 37.1 Å². The van der Waals surface area contributed by atoms with Gasteiger partial charge < -0.3 is 18.9 Å². The molecule has 1 fully saturated rings. The molecule has 0 unspecified atom stereocenters. The molecular weight excluding hydrogens is 379 g/mol. The normalized spacial score (nSPS) is 14.2. The molecule has 0 N–H and O–H groups in total. The lowest BCUT2D eigenvalue weighted by Gasteiger charge is -2.26. The maximum absolute atomic E-state index is 13.2. The summed E-state index contributed by atoms with van der Waals surface area (Å²) in [5.74, 6) is 0.503. The second kappa shape index (κ2) is 8.04. The van der Waals surface area contributed by atoms with Crippen LogP contribution in [0.3, 0.4) is 0 Å². The number of halogens is 1. The second-order valence-corrected chi connectivity index (χ2v) is 6.76. The number of hydrogen-bond acceptors (Lipinski definition) is 6. The highest BCUT2D eigenvalue weighted by molar-refractivity contribution is 5.93. The third-order valence-corrected chi connectivity index (χ3v) is 4.84. The van der Waals surface area contributed by atoms with Crippen LogP contribution in [0.2, 0.25) is 0 Å². The van der Waals surface area contributed by atoms with Crippen LogP contribution in [0.5, 0.6) is 5.88 Å². The van der Waals surface area contributed by atoms with Crippen molar-refractivity contribution in [2.45, 2.75) is 13.5 Å². The molecule has 152 valence electrons. The fraction of sp³-hybridized carbons (Fsp3) is 0.350. The molecule has 0 atom stereocenters. The first-order valence-corrected chi connectivity index (χ1v) is 9.28. The Labute approximate surface area is 166 Å². The number of aromatic nitrogens is 3. The Hall–Kier alpha value is -3.20. The fourth-order valence-electron chi connectivity index (χ4n) is 3.18. The zero-order valence-corrected chi connectivity index (χ0v) is 16.2. The lowest BCUT2D eigenvalue weighted by molar-refractivity contribution is 0.0295. The molecule has 0 aliphatic carbocycles. The predicted octanol–water partition coefficient (Wildman–Crippen LogP) is 2.57. The molecule has 1 saturated heterocycles. The highest BCUT2D eigenvalue weighted by atomic mass is 19.1. The third-order valence-electron chi connectivity index (χ3n) is 4.84. The number of morpholine rings is 1. The molecule has 3 aromatic rings. The smallest absolute Gasteiger partial charge is 0.272 e. The van der Waals surface area contributed by atoms with Crippen molar-refractivity contribution in [2.75, 3.05) is 26.3 Å². The Morgan fingerprint density at radius 1 is 1.24 bits per heavy atom. The van der Waals surface area contributed by atoms with Crippen LogP contribution >= 0.6 is 0 Å². The van der Waals surface area contributed by atoms with Crippen LogP contribution in [-0.2, 0) is 18.4 Å². The number of hydrogen-bond donors (Lipinski definition) is 0. The lowest BCUT2D eigenvalue weighted by Crippen LogP contribution is -2.41. The summed E-state index contributed by atoms with van der Waals surface area (Å²) < 4.78 is 31.1. The van der Waals surface area contributed by atoms with E-state index in [1.165, 1.54) is 16.8 Å². The van der Waals surface area contributed by atoms with Crippen LogP contribution in [0.25, 0.3) is 11.3 Å². The number of rotatable bonds is 5. The van der Waals surface area contributed by atoms with Gasteiger partial charge in [0.15, 0.2) is 0 Å². The van der Waals surface area contributed by atoms with Crippen LogP contribution in [0.15, 0.2) is 34.9 Å².